The summed E-state index contributed by atoms with van der Waals surface area (Å²) in [7, 11) is 3.05. The van der Waals surface area contributed by atoms with E-state index in [4.69, 9.17) is 23.7 Å². The fraction of sp³-hybridized carbons (Fsp3) is 0.944. The molecule has 0 spiro atoms. The Hall–Kier alpha value is -0.930. The number of carbonyl (C=O) groups is 1. The molecule has 0 rings (SSSR count). The number of aliphatic hydroxyl groups excluding tert-OH is 1. The van der Waals surface area contributed by atoms with E-state index in [-0.39, 0.29) is 26.3 Å². The highest BCUT2D eigenvalue weighted by atomic mass is 16.7. The van der Waals surface area contributed by atoms with Crippen molar-refractivity contribution in [1.82, 2.24) is 5.32 Å². The Bertz CT molecular complexity index is 360. The predicted molar refractivity (Wildman–Crippen MR) is 97.9 cm³/mol. The van der Waals surface area contributed by atoms with Crippen LogP contribution in [0.4, 0.5) is 4.79 Å². The molecule has 8 nitrogen and oxygen atoms in total. The standard InChI is InChI=1S/C18H37NO7/c1-7-8-9-10-15(24-12-22-5)16(25-13-23-6)14(11-20)19-17(21)26-18(2,3)4/h14-16,20H,7-13H2,1-6H3,(H,19,21)/t14-,15+,16-/m1/s1. The summed E-state index contributed by atoms with van der Waals surface area (Å²) >= 11 is 0. The number of hydrogen-bond acceptors (Lipinski definition) is 7. The maximum atomic E-state index is 12.1. The van der Waals surface area contributed by atoms with Crippen LogP contribution in [0, 0.1) is 0 Å². The topological polar surface area (TPSA) is 95.5 Å². The summed E-state index contributed by atoms with van der Waals surface area (Å²) in [6, 6.07) is -0.705. The molecule has 0 unspecified atom stereocenters. The molecule has 2 N–H and O–H groups in total. The Morgan fingerprint density at radius 3 is 2.19 bits per heavy atom. The molecule has 0 fully saturated rings. The second-order valence-corrected chi connectivity index (χ2v) is 7.08. The number of ether oxygens (including phenoxy) is 5. The second kappa shape index (κ2) is 14.2. The van der Waals surface area contributed by atoms with Crippen LogP contribution in [0.25, 0.3) is 0 Å². The fourth-order valence-corrected chi connectivity index (χ4v) is 2.41. The van der Waals surface area contributed by atoms with Gasteiger partial charge in [-0.1, -0.05) is 26.2 Å². The first-order valence-electron chi connectivity index (χ1n) is 9.10. The molecule has 26 heavy (non-hydrogen) atoms. The molecule has 0 radical (unpaired) electrons. The van der Waals surface area contributed by atoms with Crippen molar-refractivity contribution in [3.8, 4) is 0 Å². The molecule has 0 aromatic carbocycles. The Labute approximate surface area is 157 Å². The van der Waals surface area contributed by atoms with Gasteiger partial charge in [-0.2, -0.15) is 0 Å². The SMILES string of the molecule is CCCCC[C@H](OCOC)[C@H](OCOC)[C@@H](CO)NC(=O)OC(C)(C)C. The van der Waals surface area contributed by atoms with Crippen LogP contribution < -0.4 is 5.32 Å². The quantitative estimate of drug-likeness (QED) is 0.353. The van der Waals surface area contributed by atoms with Crippen molar-refractivity contribution in [3.05, 3.63) is 0 Å². The Morgan fingerprint density at radius 1 is 1.08 bits per heavy atom. The molecule has 8 heteroatoms. The van der Waals surface area contributed by atoms with E-state index in [1.165, 1.54) is 14.2 Å². The third-order valence-corrected chi connectivity index (χ3v) is 3.53. The Kier molecular flexibility index (Phi) is 13.7. The van der Waals surface area contributed by atoms with Crippen molar-refractivity contribution >= 4 is 6.09 Å². The zero-order valence-electron chi connectivity index (χ0n) is 17.1. The number of carbonyl (C=O) groups excluding carboxylic acids is 1. The van der Waals surface area contributed by atoms with Gasteiger partial charge in [-0.05, 0) is 27.2 Å². The summed E-state index contributed by atoms with van der Waals surface area (Å²) in [6.45, 7) is 7.21. The van der Waals surface area contributed by atoms with Gasteiger partial charge in [0.2, 0.25) is 0 Å². The normalized spacial score (nSPS) is 15.3. The van der Waals surface area contributed by atoms with Crippen LogP contribution in [-0.4, -0.2) is 69.5 Å². The average molecular weight is 379 g/mol. The molecule has 0 aliphatic heterocycles. The minimum absolute atomic E-state index is 0.0117. The van der Waals surface area contributed by atoms with E-state index in [0.717, 1.165) is 19.3 Å². The molecule has 156 valence electrons. The lowest BCUT2D eigenvalue weighted by Gasteiger charge is -2.33. The van der Waals surface area contributed by atoms with Gasteiger partial charge in [0.15, 0.2) is 0 Å². The number of unbranched alkanes of at least 4 members (excludes halogenated alkanes) is 2. The third kappa shape index (κ3) is 11.6. The fourth-order valence-electron chi connectivity index (χ4n) is 2.41. The number of hydrogen-bond donors (Lipinski definition) is 2. The number of nitrogens with one attached hydrogen (secondary N) is 1. The minimum Gasteiger partial charge on any atom is -0.444 e. The van der Waals surface area contributed by atoms with Gasteiger partial charge in [0, 0.05) is 14.2 Å². The number of methoxy groups -OCH3 is 2. The molecule has 0 aliphatic carbocycles. The van der Waals surface area contributed by atoms with Crippen molar-refractivity contribution in [1.29, 1.82) is 0 Å². The lowest BCUT2D eigenvalue weighted by atomic mass is 10.00. The van der Waals surface area contributed by atoms with E-state index in [1.54, 1.807) is 20.8 Å². The minimum atomic E-state index is -0.705. The van der Waals surface area contributed by atoms with Gasteiger partial charge < -0.3 is 34.1 Å². The first kappa shape index (κ1) is 25.1. The zero-order chi connectivity index (χ0) is 20.0. The molecule has 0 saturated heterocycles. The lowest BCUT2D eigenvalue weighted by Crippen LogP contribution is -2.53. The molecule has 0 aliphatic rings. The van der Waals surface area contributed by atoms with Crippen LogP contribution in [0.3, 0.4) is 0 Å². The average Bonchev–Trinajstić information content (AvgIpc) is 2.56. The lowest BCUT2D eigenvalue weighted by molar-refractivity contribution is -0.170. The summed E-state index contributed by atoms with van der Waals surface area (Å²) in [5.41, 5.74) is -0.639. The number of rotatable bonds is 14. The van der Waals surface area contributed by atoms with Crippen molar-refractivity contribution < 1.29 is 33.6 Å². The molecular formula is C18H37NO7. The summed E-state index contributed by atoms with van der Waals surface area (Å²) in [5.74, 6) is 0. The van der Waals surface area contributed by atoms with Crippen LogP contribution in [0.15, 0.2) is 0 Å². The summed E-state index contributed by atoms with van der Waals surface area (Å²) in [5, 5.41) is 12.5. The smallest absolute Gasteiger partial charge is 0.408 e. The van der Waals surface area contributed by atoms with Gasteiger partial charge >= 0.3 is 6.09 Å². The molecule has 0 heterocycles. The highest BCUT2D eigenvalue weighted by Crippen LogP contribution is 2.18. The molecule has 0 aromatic heterocycles. The zero-order valence-corrected chi connectivity index (χ0v) is 17.1. The third-order valence-electron chi connectivity index (χ3n) is 3.53. The first-order chi connectivity index (χ1) is 12.3. The number of amides is 1. The Balaban J connectivity index is 5.14. The maximum Gasteiger partial charge on any atom is 0.408 e. The maximum absolute atomic E-state index is 12.1. The van der Waals surface area contributed by atoms with Gasteiger partial charge in [-0.15, -0.1) is 0 Å². The number of aliphatic hydroxyl groups is 1. The van der Waals surface area contributed by atoms with E-state index in [2.05, 4.69) is 12.2 Å². The van der Waals surface area contributed by atoms with E-state index >= 15 is 0 Å². The van der Waals surface area contributed by atoms with Crippen LogP contribution in [0.5, 0.6) is 0 Å². The monoisotopic (exact) mass is 379 g/mol. The Morgan fingerprint density at radius 2 is 1.69 bits per heavy atom. The molecule has 3 atom stereocenters. The predicted octanol–water partition coefficient (Wildman–Crippen LogP) is 2.43. The van der Waals surface area contributed by atoms with Gasteiger partial charge in [0.05, 0.1) is 18.8 Å². The molecule has 1 amide bonds. The molecule has 0 aromatic rings. The van der Waals surface area contributed by atoms with E-state index in [1.807, 2.05) is 0 Å². The van der Waals surface area contributed by atoms with Gasteiger partial charge in [-0.3, -0.25) is 0 Å². The number of alkyl carbamates (subject to hydrolysis) is 1. The van der Waals surface area contributed by atoms with E-state index < -0.39 is 23.8 Å². The highest BCUT2D eigenvalue weighted by molar-refractivity contribution is 5.68. The molecule has 0 bridgehead atoms. The van der Waals surface area contributed by atoms with Crippen LogP contribution in [0.2, 0.25) is 0 Å². The largest absolute Gasteiger partial charge is 0.444 e. The van der Waals surface area contributed by atoms with Crippen LogP contribution >= 0.6 is 0 Å². The molecular weight excluding hydrogens is 342 g/mol. The van der Waals surface area contributed by atoms with Crippen molar-refractivity contribution in [3.63, 3.8) is 0 Å². The van der Waals surface area contributed by atoms with Crippen molar-refractivity contribution in [2.24, 2.45) is 0 Å². The highest BCUT2D eigenvalue weighted by Gasteiger charge is 2.33. The van der Waals surface area contributed by atoms with Crippen molar-refractivity contribution in [2.75, 3.05) is 34.4 Å². The van der Waals surface area contributed by atoms with Gasteiger partial charge in [-0.25, -0.2) is 4.79 Å². The van der Waals surface area contributed by atoms with Crippen molar-refractivity contribution in [2.45, 2.75) is 77.2 Å². The summed E-state index contributed by atoms with van der Waals surface area (Å²) in [4.78, 5) is 12.1. The second-order valence-electron chi connectivity index (χ2n) is 7.08. The van der Waals surface area contributed by atoms with E-state index in [9.17, 15) is 9.90 Å². The summed E-state index contributed by atoms with van der Waals surface area (Å²) < 4.78 is 26.8. The molecule has 0 saturated carbocycles. The van der Waals surface area contributed by atoms with E-state index in [0.29, 0.717) is 6.42 Å². The van der Waals surface area contributed by atoms with Gasteiger partial charge in [0.25, 0.3) is 0 Å². The van der Waals surface area contributed by atoms with Crippen LogP contribution in [0.1, 0.15) is 53.4 Å². The first-order valence-corrected chi connectivity index (χ1v) is 9.10. The summed E-state index contributed by atoms with van der Waals surface area (Å²) in [6.07, 6.45) is 2.15. The van der Waals surface area contributed by atoms with Crippen LogP contribution in [-0.2, 0) is 23.7 Å². The van der Waals surface area contributed by atoms with Gasteiger partial charge in [0.1, 0.15) is 25.3 Å².